The van der Waals surface area contributed by atoms with Gasteiger partial charge in [-0.15, -0.1) is 0 Å². The van der Waals surface area contributed by atoms with Crippen molar-refractivity contribution in [2.45, 2.75) is 61.4 Å². The molecule has 0 bridgehead atoms. The van der Waals surface area contributed by atoms with E-state index >= 15 is 0 Å². The summed E-state index contributed by atoms with van der Waals surface area (Å²) in [5.41, 5.74) is 2.18. The minimum Gasteiger partial charge on any atom is -0.479 e. The van der Waals surface area contributed by atoms with Crippen molar-refractivity contribution in [1.82, 2.24) is 5.48 Å². The summed E-state index contributed by atoms with van der Waals surface area (Å²) in [5.74, 6) is -3.14. The molecule has 2 heterocycles. The van der Waals surface area contributed by atoms with Crippen LogP contribution in [-0.4, -0.2) is 118 Å². The zero-order valence-electron chi connectivity index (χ0n) is 14.8. The SMILES string of the molecule is CNOC1OC(C(=O)O)C(OC2OC(C(=O)O)C(OC)C(O)C2O)C(O)C1O. The zero-order chi connectivity index (χ0) is 21.2. The van der Waals surface area contributed by atoms with E-state index in [1.54, 1.807) is 0 Å². The van der Waals surface area contributed by atoms with E-state index in [1.807, 2.05) is 0 Å². The van der Waals surface area contributed by atoms with E-state index in [-0.39, 0.29) is 0 Å². The summed E-state index contributed by atoms with van der Waals surface area (Å²) in [7, 11) is 2.41. The number of aliphatic carboxylic acids is 2. The maximum Gasteiger partial charge on any atom is 0.335 e. The zero-order valence-corrected chi connectivity index (χ0v) is 14.8. The fraction of sp³-hybridized carbons (Fsp3) is 0.857. The summed E-state index contributed by atoms with van der Waals surface area (Å²) in [5, 5.41) is 59.0. The summed E-state index contributed by atoms with van der Waals surface area (Å²) < 4.78 is 20.2. The number of aliphatic hydroxyl groups is 4. The van der Waals surface area contributed by atoms with Crippen LogP contribution >= 0.6 is 0 Å². The van der Waals surface area contributed by atoms with Crippen molar-refractivity contribution >= 4 is 11.9 Å². The largest absolute Gasteiger partial charge is 0.479 e. The molecule has 162 valence electrons. The van der Waals surface area contributed by atoms with E-state index in [1.165, 1.54) is 7.05 Å². The first kappa shape index (κ1) is 22.8. The van der Waals surface area contributed by atoms with Crippen LogP contribution in [0.5, 0.6) is 0 Å². The molecule has 28 heavy (non-hydrogen) atoms. The van der Waals surface area contributed by atoms with Gasteiger partial charge in [0.1, 0.15) is 36.6 Å². The summed E-state index contributed by atoms with van der Waals surface area (Å²) in [6.45, 7) is 0. The Morgan fingerprint density at radius 1 is 0.821 bits per heavy atom. The second-order valence-electron chi connectivity index (χ2n) is 6.11. The van der Waals surface area contributed by atoms with Gasteiger partial charge in [0.25, 0.3) is 0 Å². The standard InChI is InChI=1S/C14H23NO13/c1-15-28-14-6(19)4(17)8(10(27-14)12(22)23)25-13-5(18)3(16)7(24-2)9(26-13)11(20)21/h3-10,13-19H,1-2H3,(H,20,21)(H,22,23). The third-order valence-corrected chi connectivity index (χ3v) is 4.37. The lowest BCUT2D eigenvalue weighted by Crippen LogP contribution is -2.66. The molecule has 0 spiro atoms. The van der Waals surface area contributed by atoms with Crippen LogP contribution in [-0.2, 0) is 33.4 Å². The molecule has 0 aromatic carbocycles. The molecule has 2 aliphatic rings. The van der Waals surface area contributed by atoms with Gasteiger partial charge in [0.15, 0.2) is 18.5 Å². The van der Waals surface area contributed by atoms with Gasteiger partial charge in [-0.25, -0.2) is 15.1 Å². The molecule has 0 aromatic rings. The Morgan fingerprint density at radius 2 is 1.29 bits per heavy atom. The Hall–Kier alpha value is -1.46. The van der Waals surface area contributed by atoms with Crippen molar-refractivity contribution in [3.05, 3.63) is 0 Å². The van der Waals surface area contributed by atoms with Gasteiger partial charge in [0.2, 0.25) is 6.29 Å². The normalized spacial score (nSPS) is 44.2. The van der Waals surface area contributed by atoms with Crippen molar-refractivity contribution in [2.75, 3.05) is 14.2 Å². The average molecular weight is 413 g/mol. The molecule has 0 aliphatic carbocycles. The number of carboxylic acids is 2. The topological polar surface area (TPSA) is 214 Å². The van der Waals surface area contributed by atoms with E-state index in [9.17, 15) is 40.2 Å². The van der Waals surface area contributed by atoms with Gasteiger partial charge in [0.05, 0.1) is 0 Å². The molecule has 2 saturated heterocycles. The fourth-order valence-electron chi connectivity index (χ4n) is 2.97. The summed E-state index contributed by atoms with van der Waals surface area (Å²) >= 11 is 0. The van der Waals surface area contributed by atoms with Gasteiger partial charge in [0, 0.05) is 14.2 Å². The van der Waals surface area contributed by atoms with E-state index < -0.39 is 73.4 Å². The molecular formula is C14H23NO13. The molecule has 7 N–H and O–H groups in total. The fourth-order valence-corrected chi connectivity index (χ4v) is 2.97. The van der Waals surface area contributed by atoms with E-state index in [2.05, 4.69) is 5.48 Å². The van der Waals surface area contributed by atoms with Crippen LogP contribution in [0, 0.1) is 0 Å². The van der Waals surface area contributed by atoms with Crippen molar-refractivity contribution in [2.24, 2.45) is 0 Å². The molecule has 0 aromatic heterocycles. The number of hydrogen-bond acceptors (Lipinski definition) is 12. The number of carbonyl (C=O) groups is 2. The van der Waals surface area contributed by atoms with Gasteiger partial charge in [-0.3, -0.25) is 4.84 Å². The lowest BCUT2D eigenvalue weighted by atomic mass is 9.96. The van der Waals surface area contributed by atoms with Crippen LogP contribution in [0.4, 0.5) is 0 Å². The Kier molecular flexibility index (Phi) is 7.63. The van der Waals surface area contributed by atoms with Gasteiger partial charge in [-0.2, -0.15) is 0 Å². The monoisotopic (exact) mass is 413 g/mol. The van der Waals surface area contributed by atoms with Gasteiger partial charge < -0.3 is 49.6 Å². The number of aliphatic hydroxyl groups excluding tert-OH is 4. The van der Waals surface area contributed by atoms with Crippen LogP contribution in [0.3, 0.4) is 0 Å². The quantitative estimate of drug-likeness (QED) is 0.196. The number of methoxy groups -OCH3 is 1. The number of rotatable bonds is 7. The molecule has 2 aliphatic heterocycles. The molecule has 0 amide bonds. The van der Waals surface area contributed by atoms with Gasteiger partial charge >= 0.3 is 11.9 Å². The molecule has 10 unspecified atom stereocenters. The molecule has 0 saturated carbocycles. The van der Waals surface area contributed by atoms with Crippen molar-refractivity contribution in [1.29, 1.82) is 0 Å². The predicted molar refractivity (Wildman–Crippen MR) is 82.4 cm³/mol. The van der Waals surface area contributed by atoms with Crippen molar-refractivity contribution < 1.29 is 64.0 Å². The lowest BCUT2D eigenvalue weighted by Gasteiger charge is -2.45. The minimum absolute atomic E-state index is 1.10. The number of hydroxylamine groups is 1. The average Bonchev–Trinajstić information content (AvgIpc) is 2.64. The molecule has 0 radical (unpaired) electrons. The first-order chi connectivity index (χ1) is 13.1. The maximum absolute atomic E-state index is 11.5. The first-order valence-corrected chi connectivity index (χ1v) is 8.13. The number of nitrogens with one attached hydrogen (secondary N) is 1. The van der Waals surface area contributed by atoms with Crippen molar-refractivity contribution in [3.8, 4) is 0 Å². The molecule has 2 rings (SSSR count). The summed E-state index contributed by atoms with van der Waals surface area (Å²) in [6.07, 6.45) is -17.6. The lowest BCUT2D eigenvalue weighted by molar-refractivity contribution is -0.356. The highest BCUT2D eigenvalue weighted by atomic mass is 16.8. The third-order valence-electron chi connectivity index (χ3n) is 4.37. The first-order valence-electron chi connectivity index (χ1n) is 8.13. The van der Waals surface area contributed by atoms with E-state index in [0.717, 1.165) is 7.11 Å². The second-order valence-corrected chi connectivity index (χ2v) is 6.11. The van der Waals surface area contributed by atoms with E-state index in [4.69, 9.17) is 23.8 Å². The Labute approximate surface area is 158 Å². The molecular weight excluding hydrogens is 390 g/mol. The van der Waals surface area contributed by atoms with E-state index in [0.29, 0.717) is 0 Å². The highest BCUT2D eigenvalue weighted by Crippen LogP contribution is 2.30. The summed E-state index contributed by atoms with van der Waals surface area (Å²) in [4.78, 5) is 27.6. The number of ether oxygens (including phenoxy) is 4. The second kappa shape index (κ2) is 9.36. The number of hydrogen-bond donors (Lipinski definition) is 7. The third kappa shape index (κ3) is 4.41. The minimum atomic E-state index is -1.88. The Balaban J connectivity index is 2.23. The highest BCUT2D eigenvalue weighted by Gasteiger charge is 2.54. The molecule has 10 atom stereocenters. The Morgan fingerprint density at radius 3 is 1.79 bits per heavy atom. The molecule has 14 heteroatoms. The molecule has 2 fully saturated rings. The number of carboxylic acid groups (broad SMARTS) is 2. The van der Waals surface area contributed by atoms with Crippen LogP contribution < -0.4 is 5.48 Å². The van der Waals surface area contributed by atoms with Crippen LogP contribution in [0.25, 0.3) is 0 Å². The highest BCUT2D eigenvalue weighted by molar-refractivity contribution is 5.74. The van der Waals surface area contributed by atoms with Gasteiger partial charge in [-0.05, 0) is 0 Å². The van der Waals surface area contributed by atoms with Crippen LogP contribution in [0.15, 0.2) is 0 Å². The van der Waals surface area contributed by atoms with Crippen LogP contribution in [0.1, 0.15) is 0 Å². The van der Waals surface area contributed by atoms with Gasteiger partial charge in [-0.1, -0.05) is 0 Å². The van der Waals surface area contributed by atoms with Crippen LogP contribution in [0.2, 0.25) is 0 Å². The molecule has 14 nitrogen and oxygen atoms in total. The smallest absolute Gasteiger partial charge is 0.335 e. The Bertz CT molecular complexity index is 561. The summed E-state index contributed by atoms with van der Waals surface area (Å²) in [6, 6.07) is 0. The predicted octanol–water partition coefficient (Wildman–Crippen LogP) is -4.40. The van der Waals surface area contributed by atoms with Crippen molar-refractivity contribution in [3.63, 3.8) is 0 Å². The maximum atomic E-state index is 11.5.